The first-order valence-corrected chi connectivity index (χ1v) is 3.95. The van der Waals surface area contributed by atoms with Gasteiger partial charge in [0.25, 0.3) is 0 Å². The molecule has 0 spiro atoms. The van der Waals surface area contributed by atoms with E-state index in [4.69, 9.17) is 17.9 Å². The van der Waals surface area contributed by atoms with E-state index < -0.39 is 47.2 Å². The second-order valence-electron chi connectivity index (χ2n) is 2.51. The van der Waals surface area contributed by atoms with Crippen molar-refractivity contribution < 1.29 is 11.6 Å². The molecule has 0 aliphatic rings. The largest absolute Gasteiger partial charge is 0.295 e. The summed E-state index contributed by atoms with van der Waals surface area (Å²) in [5, 5.41) is 5.86. The number of nitrogens with zero attached hydrogens (tertiary/aromatic N) is 6. The Morgan fingerprint density at radius 3 is 2.25 bits per heavy atom. The number of carbonyl (C=O) groups excluding carboxylic acids is 1. The summed E-state index contributed by atoms with van der Waals surface area (Å²) in [4.78, 5) is 16.0. The van der Waals surface area contributed by atoms with Gasteiger partial charge in [-0.3, -0.25) is 4.79 Å². The molecule has 0 amide bonds. The molecular weight excluding hydrogens is 208 g/mol. The van der Waals surface area contributed by atoms with E-state index in [1.54, 1.807) is 0 Å². The normalized spacial score (nSPS) is 17.2. The summed E-state index contributed by atoms with van der Waals surface area (Å²) in [7, 11) is 0. The van der Waals surface area contributed by atoms with Gasteiger partial charge in [-0.1, -0.05) is 34.4 Å². The van der Waals surface area contributed by atoms with Crippen LogP contribution in [0.2, 0.25) is 0 Å². The van der Waals surface area contributed by atoms with E-state index in [2.05, 4.69) is 20.1 Å². The van der Waals surface area contributed by atoms with Crippen LogP contribution in [0, 0.1) is 0 Å². The van der Waals surface area contributed by atoms with Crippen LogP contribution < -0.4 is 0 Å². The van der Waals surface area contributed by atoms with Crippen LogP contribution in [0.4, 0.5) is 0 Å². The van der Waals surface area contributed by atoms with Gasteiger partial charge in [0.05, 0.1) is 5.48 Å². The van der Waals surface area contributed by atoms with E-state index in [0.29, 0.717) is 0 Å². The molecule has 0 atom stereocenters. The highest BCUT2D eigenvalue weighted by atomic mass is 16.1. The van der Waals surface area contributed by atoms with Crippen molar-refractivity contribution in [2.24, 2.45) is 10.2 Å². The summed E-state index contributed by atoms with van der Waals surface area (Å²) in [6.07, 6.45) is -2.72. The van der Waals surface area contributed by atoms with E-state index in [1.165, 1.54) is 0 Å². The Bertz CT molecular complexity index is 675. The average Bonchev–Trinajstić information content (AvgIpc) is 2.37. The Labute approximate surface area is 98.0 Å². The van der Waals surface area contributed by atoms with Gasteiger partial charge in [0.1, 0.15) is 6.14 Å². The summed E-state index contributed by atoms with van der Waals surface area (Å²) < 4.78 is 38.6. The van der Waals surface area contributed by atoms with Gasteiger partial charge >= 0.3 is 0 Å². The quantitative estimate of drug-likeness (QED) is 0.329. The van der Waals surface area contributed by atoms with Crippen molar-refractivity contribution >= 4 is 5.78 Å². The molecule has 0 heterocycles. The van der Waals surface area contributed by atoms with Crippen molar-refractivity contribution in [1.29, 1.82) is 0 Å². The van der Waals surface area contributed by atoms with Crippen LogP contribution in [-0.2, 0) is 0 Å². The Balaban J connectivity index is 3.94. The number of carbonyl (C=O) groups is 1. The lowest BCUT2D eigenvalue weighted by atomic mass is 10.1. The first-order chi connectivity index (χ1) is 9.71. The molecule has 1 aromatic carbocycles. The smallest absolute Gasteiger partial charge is 0.159 e. The molecule has 0 bridgehead atoms. The number of benzene rings is 1. The van der Waals surface area contributed by atoms with Crippen molar-refractivity contribution in [2.75, 3.05) is 0 Å². The molecule has 0 aliphatic carbocycles. The number of Topliss-reactive ketones (excluding diaryl/α,β-unsaturated/α-hetero) is 1. The van der Waals surface area contributed by atoms with E-state index in [9.17, 15) is 4.79 Å². The van der Waals surface area contributed by atoms with Crippen molar-refractivity contribution in [2.45, 2.75) is 13.1 Å². The maximum atomic E-state index is 11.4. The Morgan fingerprint density at radius 1 is 1.38 bits per heavy atom. The van der Waals surface area contributed by atoms with E-state index in [-0.39, 0.29) is 0 Å². The lowest BCUT2D eigenvalue weighted by molar-refractivity contribution is 0.101. The van der Waals surface area contributed by atoms with Crippen molar-refractivity contribution in [3.05, 3.63) is 56.2 Å². The van der Waals surface area contributed by atoms with Crippen LogP contribution in [-0.4, -0.2) is 5.78 Å². The topological polar surface area (TPSA) is 115 Å². The summed E-state index contributed by atoms with van der Waals surface area (Å²) >= 11 is 0. The van der Waals surface area contributed by atoms with Crippen LogP contribution in [0.15, 0.2) is 34.4 Å². The lowest BCUT2D eigenvalue weighted by Gasteiger charge is -2.04. The molecule has 7 heteroatoms. The lowest BCUT2D eigenvalue weighted by Crippen LogP contribution is -1.94. The summed E-state index contributed by atoms with van der Waals surface area (Å²) in [6, 6.07) is -2.96. The third kappa shape index (κ3) is 2.75. The Kier molecular flexibility index (Phi) is 2.08. The molecule has 1 rings (SSSR count). The molecule has 0 aliphatic heterocycles. The van der Waals surface area contributed by atoms with Crippen molar-refractivity contribution in [1.82, 2.24) is 0 Å². The van der Waals surface area contributed by atoms with E-state index in [1.807, 2.05) is 0 Å². The SMILES string of the molecule is [2H]c1c([2H])c(C([2H])(N=[N+]=[N-])N=[N+]=[N-])c([2H])c([2H])c1C(C)=O. The van der Waals surface area contributed by atoms with Gasteiger partial charge in [0, 0.05) is 16.8 Å². The molecule has 0 saturated heterocycles. The zero-order valence-corrected chi connectivity index (χ0v) is 8.09. The number of azide groups is 1. The van der Waals surface area contributed by atoms with Gasteiger partial charge in [-0.25, -0.2) is 0 Å². The maximum absolute atomic E-state index is 11.4. The van der Waals surface area contributed by atoms with Gasteiger partial charge in [-0.05, 0) is 23.5 Å². The Hall–Kier alpha value is -2.49. The molecule has 0 unspecified atom stereocenters. The molecule has 0 fully saturated rings. The molecule has 0 saturated carbocycles. The van der Waals surface area contributed by atoms with Gasteiger partial charge < -0.3 is 0 Å². The van der Waals surface area contributed by atoms with Gasteiger partial charge in [-0.15, -0.1) is 0 Å². The third-order valence-corrected chi connectivity index (χ3v) is 1.48. The molecule has 0 aromatic heterocycles. The Morgan fingerprint density at radius 2 is 1.88 bits per heavy atom. The monoisotopic (exact) mass is 221 g/mol. The fourth-order valence-corrected chi connectivity index (χ4v) is 0.805. The average molecular weight is 221 g/mol. The molecule has 80 valence electrons. The standard InChI is InChI=1S/C9H8N6O/c1-6(16)7-2-4-8(5-3-7)9(12-14-10)13-15-11/h2-5,9H,1H3/i2D,3D,4D,5D,9D. The fourth-order valence-electron chi connectivity index (χ4n) is 0.805. The maximum Gasteiger partial charge on any atom is 0.159 e. The van der Waals surface area contributed by atoms with Crippen molar-refractivity contribution in [3.63, 3.8) is 0 Å². The molecule has 7 nitrogen and oxygen atoms in total. The summed E-state index contributed by atoms with van der Waals surface area (Å²) in [5.74, 6) is -0.693. The highest BCUT2D eigenvalue weighted by Crippen LogP contribution is 2.20. The van der Waals surface area contributed by atoms with E-state index in [0.717, 1.165) is 6.92 Å². The zero-order valence-electron chi connectivity index (χ0n) is 13.1. The molecule has 16 heavy (non-hydrogen) atoms. The van der Waals surface area contributed by atoms with Gasteiger partial charge in [-0.2, -0.15) is 0 Å². The zero-order chi connectivity index (χ0) is 16.4. The van der Waals surface area contributed by atoms with E-state index >= 15 is 0 Å². The number of hydrogen-bond donors (Lipinski definition) is 0. The summed E-state index contributed by atoms with van der Waals surface area (Å²) in [6.45, 7) is 1.07. The van der Waals surface area contributed by atoms with Crippen LogP contribution in [0.5, 0.6) is 0 Å². The minimum atomic E-state index is -2.72. The first kappa shape index (κ1) is 6.17. The molecule has 0 N–H and O–H groups in total. The highest BCUT2D eigenvalue weighted by Gasteiger charge is 2.07. The predicted octanol–water partition coefficient (Wildman–Crippen LogP) is 3.51. The molecule has 1 aromatic rings. The second kappa shape index (κ2) is 5.41. The highest BCUT2D eigenvalue weighted by molar-refractivity contribution is 5.94. The molecule has 0 radical (unpaired) electrons. The van der Waals surface area contributed by atoms with Crippen LogP contribution in [0.1, 0.15) is 35.8 Å². The predicted molar refractivity (Wildman–Crippen MR) is 57.5 cm³/mol. The van der Waals surface area contributed by atoms with Crippen LogP contribution >= 0.6 is 0 Å². The minimum absolute atomic E-state index is 0.460. The van der Waals surface area contributed by atoms with Gasteiger partial charge in [0.2, 0.25) is 0 Å². The fraction of sp³-hybridized carbons (Fsp3) is 0.222. The number of rotatable bonds is 4. The van der Waals surface area contributed by atoms with Crippen LogP contribution in [0.25, 0.3) is 20.9 Å². The van der Waals surface area contributed by atoms with Crippen LogP contribution in [0.3, 0.4) is 0 Å². The third-order valence-electron chi connectivity index (χ3n) is 1.48. The minimum Gasteiger partial charge on any atom is -0.295 e. The molecular formula is C9H8N6O. The second-order valence-corrected chi connectivity index (χ2v) is 2.51. The number of ketones is 1. The first-order valence-electron chi connectivity index (χ1n) is 6.45. The summed E-state index contributed by atoms with van der Waals surface area (Å²) in [5.41, 5.74) is 15.7. The van der Waals surface area contributed by atoms with Gasteiger partial charge in [0.15, 0.2) is 5.78 Å². The van der Waals surface area contributed by atoms with Crippen molar-refractivity contribution in [3.8, 4) is 0 Å². The number of hydrogen-bond acceptors (Lipinski definition) is 3.